The molecule has 0 radical (unpaired) electrons. The zero-order chi connectivity index (χ0) is 15.3. The molecule has 1 aliphatic carbocycles. The Hall–Kier alpha value is -1.53. The van der Waals surface area contributed by atoms with Crippen molar-refractivity contribution in [3.63, 3.8) is 0 Å². The molecule has 7 heteroatoms. The number of aryl methyl sites for hydroxylation is 1. The van der Waals surface area contributed by atoms with Crippen LogP contribution in [0.1, 0.15) is 12.1 Å². The first-order chi connectivity index (χ1) is 10.5. The van der Waals surface area contributed by atoms with E-state index in [1.165, 1.54) is 6.33 Å². The fourth-order valence-electron chi connectivity index (χ4n) is 3.11. The lowest BCUT2D eigenvalue weighted by molar-refractivity contribution is 0.425. The van der Waals surface area contributed by atoms with Crippen LogP contribution in [0.3, 0.4) is 0 Å². The number of halogens is 3. The van der Waals surface area contributed by atoms with Crippen molar-refractivity contribution in [2.45, 2.75) is 17.9 Å². The second-order valence-corrected chi connectivity index (χ2v) is 6.91. The number of rotatable bonds is 1. The molecule has 0 bridgehead atoms. The fourth-order valence-corrected chi connectivity index (χ4v) is 3.50. The fraction of sp³-hybridized carbons (Fsp3) is 0.312. The van der Waals surface area contributed by atoms with Gasteiger partial charge in [0.25, 0.3) is 0 Å². The number of allylic oxidation sites excluding steroid dienone is 3. The van der Waals surface area contributed by atoms with E-state index >= 15 is 0 Å². The SMILES string of the molecule is Cc1cc2c(N3CCC4C=CC(F)(Br)C=C43)ncnc2cn1.Cl. The Morgan fingerprint density at radius 3 is 3.00 bits per heavy atom. The zero-order valence-electron chi connectivity index (χ0n) is 12.4. The number of fused-ring (bicyclic) bond motifs is 2. The van der Waals surface area contributed by atoms with E-state index in [0.29, 0.717) is 0 Å². The Balaban J connectivity index is 0.00000156. The largest absolute Gasteiger partial charge is 0.329 e. The minimum Gasteiger partial charge on any atom is -0.329 e. The van der Waals surface area contributed by atoms with Crippen molar-refractivity contribution in [2.24, 2.45) is 5.92 Å². The minimum atomic E-state index is -1.58. The zero-order valence-corrected chi connectivity index (χ0v) is 14.8. The van der Waals surface area contributed by atoms with E-state index in [2.05, 4.69) is 35.8 Å². The molecule has 4 nitrogen and oxygen atoms in total. The molecule has 1 saturated heterocycles. The van der Waals surface area contributed by atoms with E-state index in [0.717, 1.165) is 41.1 Å². The Morgan fingerprint density at radius 1 is 1.35 bits per heavy atom. The molecule has 2 aliphatic rings. The lowest BCUT2D eigenvalue weighted by Gasteiger charge is -2.26. The molecule has 0 spiro atoms. The van der Waals surface area contributed by atoms with Crippen LogP contribution in [0.4, 0.5) is 10.2 Å². The molecule has 0 saturated carbocycles. The number of aromatic nitrogens is 3. The van der Waals surface area contributed by atoms with E-state index in [1.807, 2.05) is 19.1 Å². The first-order valence-electron chi connectivity index (χ1n) is 7.18. The maximum Gasteiger partial charge on any atom is 0.203 e. The highest BCUT2D eigenvalue weighted by Gasteiger charge is 2.35. The summed E-state index contributed by atoms with van der Waals surface area (Å²) in [6.07, 6.45) is 9.38. The minimum absolute atomic E-state index is 0. The normalized spacial score (nSPS) is 26.0. The van der Waals surface area contributed by atoms with Crippen LogP contribution < -0.4 is 4.90 Å². The predicted octanol–water partition coefficient (Wildman–Crippen LogP) is 4.10. The Labute approximate surface area is 148 Å². The van der Waals surface area contributed by atoms with Crippen LogP contribution in [0.2, 0.25) is 0 Å². The van der Waals surface area contributed by atoms with Crippen LogP contribution in [0.25, 0.3) is 10.9 Å². The maximum absolute atomic E-state index is 14.3. The van der Waals surface area contributed by atoms with Crippen LogP contribution >= 0.6 is 28.3 Å². The summed E-state index contributed by atoms with van der Waals surface area (Å²) in [4.78, 5) is 15.1. The summed E-state index contributed by atoms with van der Waals surface area (Å²) < 4.78 is 12.7. The average molecular weight is 398 g/mol. The lowest BCUT2D eigenvalue weighted by Crippen LogP contribution is -2.24. The summed E-state index contributed by atoms with van der Waals surface area (Å²) in [5.41, 5.74) is 2.67. The number of alkyl halides is 2. The number of hydrogen-bond donors (Lipinski definition) is 0. The third-order valence-corrected chi connectivity index (χ3v) is 4.63. The monoisotopic (exact) mass is 396 g/mol. The van der Waals surface area contributed by atoms with Gasteiger partial charge >= 0.3 is 0 Å². The Kier molecular flexibility index (Phi) is 4.14. The van der Waals surface area contributed by atoms with Gasteiger partial charge in [-0.3, -0.25) is 4.98 Å². The third-order valence-electron chi connectivity index (χ3n) is 4.14. The molecule has 2 atom stereocenters. The van der Waals surface area contributed by atoms with E-state index in [9.17, 15) is 4.39 Å². The van der Waals surface area contributed by atoms with Gasteiger partial charge in [0.2, 0.25) is 4.58 Å². The van der Waals surface area contributed by atoms with Gasteiger partial charge in [-0.05, 0) is 47.5 Å². The molecule has 23 heavy (non-hydrogen) atoms. The van der Waals surface area contributed by atoms with Gasteiger partial charge in [-0.15, -0.1) is 12.4 Å². The number of pyridine rings is 1. The highest BCUT2D eigenvalue weighted by Crippen LogP contribution is 2.42. The van der Waals surface area contributed by atoms with Crippen molar-refractivity contribution < 1.29 is 4.39 Å². The second kappa shape index (κ2) is 5.83. The predicted molar refractivity (Wildman–Crippen MR) is 94.8 cm³/mol. The molecule has 1 aliphatic heterocycles. The van der Waals surface area contributed by atoms with Gasteiger partial charge in [0.15, 0.2) is 0 Å². The van der Waals surface area contributed by atoms with Gasteiger partial charge in [-0.25, -0.2) is 14.4 Å². The second-order valence-electron chi connectivity index (χ2n) is 5.69. The molecule has 120 valence electrons. The number of hydrogen-bond acceptors (Lipinski definition) is 4. The molecular formula is C16H15BrClFN4. The number of nitrogens with zero attached hydrogens (tertiary/aromatic N) is 4. The summed E-state index contributed by atoms with van der Waals surface area (Å²) in [5, 5.41) is 0.949. The summed E-state index contributed by atoms with van der Waals surface area (Å²) in [6, 6.07) is 1.98. The topological polar surface area (TPSA) is 41.9 Å². The Bertz CT molecular complexity index is 821. The van der Waals surface area contributed by atoms with Gasteiger partial charge in [-0.2, -0.15) is 0 Å². The van der Waals surface area contributed by atoms with Crippen molar-refractivity contribution in [2.75, 3.05) is 11.4 Å². The summed E-state index contributed by atoms with van der Waals surface area (Å²) in [5.74, 6) is 1.07. The van der Waals surface area contributed by atoms with E-state index in [4.69, 9.17) is 0 Å². The van der Waals surface area contributed by atoms with E-state index in [1.54, 1.807) is 18.3 Å². The summed E-state index contributed by atoms with van der Waals surface area (Å²) in [7, 11) is 0. The molecule has 0 amide bonds. The molecule has 2 unspecified atom stereocenters. The van der Waals surface area contributed by atoms with Gasteiger partial charge < -0.3 is 4.90 Å². The van der Waals surface area contributed by atoms with E-state index in [-0.39, 0.29) is 18.3 Å². The molecule has 3 heterocycles. The first-order valence-corrected chi connectivity index (χ1v) is 7.98. The van der Waals surface area contributed by atoms with Crippen molar-refractivity contribution >= 4 is 45.1 Å². The van der Waals surface area contributed by atoms with Gasteiger partial charge in [0.05, 0.1) is 11.7 Å². The first kappa shape index (κ1) is 16.3. The van der Waals surface area contributed by atoms with Crippen LogP contribution in [0.15, 0.2) is 42.5 Å². The van der Waals surface area contributed by atoms with Gasteiger partial charge in [-0.1, -0.05) is 6.08 Å². The Morgan fingerprint density at radius 2 is 2.17 bits per heavy atom. The molecule has 2 aromatic rings. The highest BCUT2D eigenvalue weighted by atomic mass is 79.9. The van der Waals surface area contributed by atoms with Crippen LogP contribution in [-0.2, 0) is 0 Å². The highest BCUT2D eigenvalue weighted by molar-refractivity contribution is 9.10. The maximum atomic E-state index is 14.3. The van der Waals surface area contributed by atoms with Crippen molar-refractivity contribution in [1.82, 2.24) is 15.0 Å². The van der Waals surface area contributed by atoms with Crippen molar-refractivity contribution in [1.29, 1.82) is 0 Å². The van der Waals surface area contributed by atoms with Crippen LogP contribution in [-0.4, -0.2) is 26.1 Å². The molecule has 0 N–H and O–H groups in total. The average Bonchev–Trinajstić information content (AvgIpc) is 2.88. The third kappa shape index (κ3) is 2.85. The quantitative estimate of drug-likeness (QED) is 0.537. The number of anilines is 1. The van der Waals surface area contributed by atoms with Crippen LogP contribution in [0.5, 0.6) is 0 Å². The molecule has 4 rings (SSSR count). The summed E-state index contributed by atoms with van der Waals surface area (Å²) >= 11 is 3.09. The van der Waals surface area contributed by atoms with Crippen molar-refractivity contribution in [3.05, 3.63) is 48.2 Å². The lowest BCUT2D eigenvalue weighted by atomic mass is 9.98. The van der Waals surface area contributed by atoms with Crippen molar-refractivity contribution in [3.8, 4) is 0 Å². The standard InChI is InChI=1S/C16H14BrFN4.ClH/c1-10-6-12-13(8-19-10)20-9-21-15(12)22-5-3-11-2-4-16(17,18)7-14(11)22;/h2,4,6-9,11H,3,5H2,1H3;1H. The van der Waals surface area contributed by atoms with Gasteiger partial charge in [0, 0.05) is 29.2 Å². The molecule has 1 fully saturated rings. The smallest absolute Gasteiger partial charge is 0.203 e. The molecule has 2 aromatic heterocycles. The van der Waals surface area contributed by atoms with Gasteiger partial charge in [0.1, 0.15) is 12.1 Å². The van der Waals surface area contributed by atoms with Crippen LogP contribution in [0, 0.1) is 12.8 Å². The summed E-state index contributed by atoms with van der Waals surface area (Å²) in [6.45, 7) is 2.76. The van der Waals surface area contributed by atoms with E-state index < -0.39 is 4.58 Å². The molecular weight excluding hydrogens is 383 g/mol. The molecule has 0 aromatic carbocycles.